The van der Waals surface area contributed by atoms with Gasteiger partial charge in [0.15, 0.2) is 12.4 Å². The molecule has 0 atom stereocenters. The van der Waals surface area contributed by atoms with Crippen molar-refractivity contribution in [3.8, 4) is 5.75 Å². The number of carbonyl (C=O) groups is 3. The molecule has 0 radical (unpaired) electrons. The molecule has 0 aliphatic carbocycles. The third-order valence-corrected chi connectivity index (χ3v) is 6.20. The Morgan fingerprint density at radius 3 is 2.44 bits per heavy atom. The van der Waals surface area contributed by atoms with Gasteiger partial charge in [-0.2, -0.15) is 5.10 Å². The predicted molar refractivity (Wildman–Crippen MR) is 128 cm³/mol. The number of aromatic nitrogens is 2. The Kier molecular flexibility index (Phi) is 8.06. The van der Waals surface area contributed by atoms with Crippen molar-refractivity contribution in [2.24, 2.45) is 0 Å². The Morgan fingerprint density at radius 1 is 1.12 bits per heavy atom. The van der Waals surface area contributed by atoms with Gasteiger partial charge in [0, 0.05) is 6.20 Å². The van der Waals surface area contributed by atoms with Gasteiger partial charge < -0.3 is 19.5 Å². The number of ether oxygens (including phenoxy) is 3. The van der Waals surface area contributed by atoms with Crippen LogP contribution in [0.4, 0.5) is 5.00 Å². The number of hydrogen-bond donors (Lipinski definition) is 1. The standard InChI is InChI=1S/C24H27N3O6S/c1-6-32-24(30)20-15(4)19(23(29)31-5)22(34-20)25-21(28)18-11-12-27(26-18)13-33-17-9-7-16(8-10-17)14(2)3/h7-12,14H,6,13H2,1-5H3,(H,25,28). The summed E-state index contributed by atoms with van der Waals surface area (Å²) in [6, 6.07) is 9.33. The fourth-order valence-electron chi connectivity index (χ4n) is 3.15. The number of hydrogen-bond acceptors (Lipinski definition) is 8. The van der Waals surface area contributed by atoms with Gasteiger partial charge >= 0.3 is 11.9 Å². The number of nitrogens with zero attached hydrogens (tertiary/aromatic N) is 2. The zero-order valence-electron chi connectivity index (χ0n) is 19.7. The first-order valence-corrected chi connectivity index (χ1v) is 11.5. The molecule has 2 heterocycles. The van der Waals surface area contributed by atoms with Crippen LogP contribution in [-0.4, -0.2) is 41.3 Å². The number of carbonyl (C=O) groups excluding carboxylic acids is 3. The highest BCUT2D eigenvalue weighted by molar-refractivity contribution is 7.18. The second kappa shape index (κ2) is 11.0. The van der Waals surface area contributed by atoms with E-state index in [0.717, 1.165) is 11.3 Å². The molecule has 0 saturated carbocycles. The summed E-state index contributed by atoms with van der Waals surface area (Å²) in [5.74, 6) is -0.655. The number of rotatable bonds is 9. The van der Waals surface area contributed by atoms with Gasteiger partial charge in [0.05, 0.1) is 19.3 Å². The van der Waals surface area contributed by atoms with Crippen LogP contribution >= 0.6 is 11.3 Å². The Balaban J connectivity index is 1.72. The van der Waals surface area contributed by atoms with Gasteiger partial charge in [-0.05, 0) is 49.1 Å². The largest absolute Gasteiger partial charge is 0.471 e. The molecule has 0 fully saturated rings. The third-order valence-electron chi connectivity index (χ3n) is 5.01. The summed E-state index contributed by atoms with van der Waals surface area (Å²) in [6.07, 6.45) is 1.61. The van der Waals surface area contributed by atoms with E-state index in [1.54, 1.807) is 20.0 Å². The van der Waals surface area contributed by atoms with Gasteiger partial charge in [0.25, 0.3) is 5.91 Å². The van der Waals surface area contributed by atoms with Crippen molar-refractivity contribution in [3.05, 3.63) is 63.8 Å². The second-order valence-electron chi connectivity index (χ2n) is 7.66. The lowest BCUT2D eigenvalue weighted by Gasteiger charge is -2.09. The highest BCUT2D eigenvalue weighted by Crippen LogP contribution is 2.34. The van der Waals surface area contributed by atoms with Crippen LogP contribution < -0.4 is 10.1 Å². The lowest BCUT2D eigenvalue weighted by molar-refractivity contribution is 0.0531. The van der Waals surface area contributed by atoms with E-state index in [4.69, 9.17) is 14.2 Å². The summed E-state index contributed by atoms with van der Waals surface area (Å²) in [5.41, 5.74) is 1.83. The fourth-order valence-corrected chi connectivity index (χ4v) is 4.24. The minimum Gasteiger partial charge on any atom is -0.471 e. The molecule has 10 heteroatoms. The average Bonchev–Trinajstić information content (AvgIpc) is 3.42. The molecule has 0 saturated heterocycles. The molecule has 1 N–H and O–H groups in total. The summed E-state index contributed by atoms with van der Waals surface area (Å²) in [6.45, 7) is 7.83. The molecular formula is C24H27N3O6S. The van der Waals surface area contributed by atoms with E-state index in [2.05, 4.69) is 24.3 Å². The minimum absolute atomic E-state index is 0.108. The van der Waals surface area contributed by atoms with E-state index in [1.807, 2.05) is 24.3 Å². The van der Waals surface area contributed by atoms with Crippen LogP contribution in [0.1, 0.15) is 68.3 Å². The highest BCUT2D eigenvalue weighted by atomic mass is 32.1. The van der Waals surface area contributed by atoms with Gasteiger partial charge in [-0.15, -0.1) is 11.3 Å². The molecule has 180 valence electrons. The topological polar surface area (TPSA) is 109 Å². The van der Waals surface area contributed by atoms with Crippen molar-refractivity contribution >= 4 is 34.2 Å². The summed E-state index contributed by atoms with van der Waals surface area (Å²) < 4.78 is 17.1. The molecule has 2 aromatic heterocycles. The van der Waals surface area contributed by atoms with E-state index in [9.17, 15) is 14.4 Å². The van der Waals surface area contributed by atoms with Crippen molar-refractivity contribution in [2.75, 3.05) is 19.0 Å². The molecule has 0 unspecified atom stereocenters. The van der Waals surface area contributed by atoms with Crippen LogP contribution in [0, 0.1) is 6.92 Å². The van der Waals surface area contributed by atoms with E-state index in [1.165, 1.54) is 23.4 Å². The Hall–Kier alpha value is -3.66. The van der Waals surface area contributed by atoms with Crippen molar-refractivity contribution in [1.29, 1.82) is 0 Å². The first kappa shape index (κ1) is 25.0. The van der Waals surface area contributed by atoms with Gasteiger partial charge in [-0.3, -0.25) is 4.79 Å². The average molecular weight is 486 g/mol. The predicted octanol–water partition coefficient (Wildman–Crippen LogP) is 4.63. The van der Waals surface area contributed by atoms with Crippen LogP contribution in [0.15, 0.2) is 36.5 Å². The molecule has 3 rings (SSSR count). The van der Waals surface area contributed by atoms with E-state index >= 15 is 0 Å². The molecule has 0 spiro atoms. The van der Waals surface area contributed by atoms with Crippen LogP contribution in [0.25, 0.3) is 0 Å². The number of methoxy groups -OCH3 is 1. The molecule has 0 bridgehead atoms. The van der Waals surface area contributed by atoms with E-state index in [-0.39, 0.29) is 34.5 Å². The number of esters is 2. The summed E-state index contributed by atoms with van der Waals surface area (Å²) in [4.78, 5) is 37.5. The van der Waals surface area contributed by atoms with E-state index in [0.29, 0.717) is 17.2 Å². The van der Waals surface area contributed by atoms with Gasteiger partial charge in [-0.1, -0.05) is 26.0 Å². The zero-order valence-corrected chi connectivity index (χ0v) is 20.5. The highest BCUT2D eigenvalue weighted by Gasteiger charge is 2.27. The Bertz CT molecular complexity index is 1180. The molecule has 0 aliphatic rings. The lowest BCUT2D eigenvalue weighted by Crippen LogP contribution is -2.16. The second-order valence-corrected chi connectivity index (χ2v) is 8.68. The maximum Gasteiger partial charge on any atom is 0.348 e. The van der Waals surface area contributed by atoms with Crippen molar-refractivity contribution in [1.82, 2.24) is 9.78 Å². The first-order chi connectivity index (χ1) is 16.2. The van der Waals surface area contributed by atoms with Crippen LogP contribution in [0.2, 0.25) is 0 Å². The minimum atomic E-state index is -0.665. The number of benzene rings is 1. The summed E-state index contributed by atoms with van der Waals surface area (Å²) in [7, 11) is 1.23. The number of anilines is 1. The molecular weight excluding hydrogens is 458 g/mol. The zero-order chi connectivity index (χ0) is 24.8. The van der Waals surface area contributed by atoms with E-state index < -0.39 is 17.8 Å². The van der Waals surface area contributed by atoms with Crippen molar-refractivity contribution < 1.29 is 28.6 Å². The summed E-state index contributed by atoms with van der Waals surface area (Å²) >= 11 is 0.952. The maximum atomic E-state index is 12.8. The quantitative estimate of drug-likeness (QED) is 0.440. The molecule has 0 aliphatic heterocycles. The molecule has 1 aromatic carbocycles. The number of thiophene rings is 1. The fraction of sp³-hybridized carbons (Fsp3) is 0.333. The van der Waals surface area contributed by atoms with Gasteiger partial charge in [0.1, 0.15) is 15.6 Å². The first-order valence-electron chi connectivity index (χ1n) is 10.7. The maximum absolute atomic E-state index is 12.8. The normalized spacial score (nSPS) is 10.8. The number of nitrogens with one attached hydrogen (secondary N) is 1. The van der Waals surface area contributed by atoms with Crippen LogP contribution in [0.5, 0.6) is 5.75 Å². The molecule has 3 aromatic rings. The smallest absolute Gasteiger partial charge is 0.348 e. The van der Waals surface area contributed by atoms with Crippen LogP contribution in [0.3, 0.4) is 0 Å². The molecule has 1 amide bonds. The van der Waals surface area contributed by atoms with Crippen molar-refractivity contribution in [2.45, 2.75) is 40.3 Å². The molecule has 9 nitrogen and oxygen atoms in total. The molecule has 34 heavy (non-hydrogen) atoms. The van der Waals surface area contributed by atoms with Gasteiger partial charge in [-0.25, -0.2) is 14.3 Å². The van der Waals surface area contributed by atoms with Crippen molar-refractivity contribution in [3.63, 3.8) is 0 Å². The number of amides is 1. The summed E-state index contributed by atoms with van der Waals surface area (Å²) in [5, 5.41) is 7.08. The Morgan fingerprint density at radius 2 is 1.82 bits per heavy atom. The SMILES string of the molecule is CCOC(=O)c1sc(NC(=O)c2ccn(COc3ccc(C(C)C)cc3)n2)c(C(=O)OC)c1C. The van der Waals surface area contributed by atoms with Crippen LogP contribution in [-0.2, 0) is 16.2 Å². The monoisotopic (exact) mass is 485 g/mol. The van der Waals surface area contributed by atoms with Gasteiger partial charge in [0.2, 0.25) is 0 Å². The third kappa shape index (κ3) is 5.63. The lowest BCUT2D eigenvalue weighted by atomic mass is 10.0. The Labute approximate surface area is 201 Å².